The molecular weight excluding hydrogens is 176 g/mol. The lowest BCUT2D eigenvalue weighted by Crippen LogP contribution is -2.49. The Bertz CT molecular complexity index is 194. The Hall–Kier alpha value is -0.220. The maximum Gasteiger partial charge on any atom is 0.312 e. The van der Waals surface area contributed by atoms with Crippen molar-refractivity contribution in [3.05, 3.63) is 0 Å². The van der Waals surface area contributed by atoms with Gasteiger partial charge in [-0.15, -0.1) is 0 Å². The number of carbonyl (C=O) groups is 1. The summed E-state index contributed by atoms with van der Waals surface area (Å²) in [7, 11) is 0. The van der Waals surface area contributed by atoms with Gasteiger partial charge in [-0.3, -0.25) is 4.79 Å². The molecule has 1 aliphatic heterocycles. The third kappa shape index (κ3) is 1.33. The number of aliphatic carboxylic acids is 1. The van der Waals surface area contributed by atoms with Crippen LogP contribution in [0.3, 0.4) is 0 Å². The van der Waals surface area contributed by atoms with Crippen LogP contribution < -0.4 is 0 Å². The van der Waals surface area contributed by atoms with Crippen molar-refractivity contribution in [1.82, 2.24) is 0 Å². The largest absolute Gasteiger partial charge is 0.481 e. The molecule has 1 fully saturated rings. The zero-order chi connectivity index (χ0) is 9.41. The molecule has 1 unspecified atom stereocenters. The van der Waals surface area contributed by atoms with Crippen LogP contribution in [0.5, 0.6) is 0 Å². The monoisotopic (exact) mass is 190 g/mol. The molecule has 4 heteroatoms. The average molecular weight is 190 g/mol. The minimum Gasteiger partial charge on any atom is -0.481 e. The quantitative estimate of drug-likeness (QED) is 0.681. The molecule has 70 valence electrons. The minimum absolute atomic E-state index is 0.534. The summed E-state index contributed by atoms with van der Waals surface area (Å²) in [4.78, 5) is 10.8. The third-order valence-electron chi connectivity index (χ3n) is 2.70. The highest BCUT2D eigenvalue weighted by Crippen LogP contribution is 2.41. The van der Waals surface area contributed by atoms with Gasteiger partial charge in [0.25, 0.3) is 0 Å². The van der Waals surface area contributed by atoms with Gasteiger partial charge in [0.1, 0.15) is 0 Å². The lowest BCUT2D eigenvalue weighted by Gasteiger charge is -2.35. The van der Waals surface area contributed by atoms with Gasteiger partial charge < -0.3 is 10.2 Å². The number of hydrogen-bond donors (Lipinski definition) is 2. The van der Waals surface area contributed by atoms with Crippen LogP contribution in [0.1, 0.15) is 20.3 Å². The van der Waals surface area contributed by atoms with Gasteiger partial charge in [-0.25, -0.2) is 0 Å². The van der Waals surface area contributed by atoms with E-state index in [0.29, 0.717) is 12.2 Å². The fourth-order valence-corrected chi connectivity index (χ4v) is 2.72. The fourth-order valence-electron chi connectivity index (χ4n) is 1.25. The van der Waals surface area contributed by atoms with E-state index in [-0.39, 0.29) is 0 Å². The Morgan fingerprint density at radius 3 is 2.50 bits per heavy atom. The first-order valence-electron chi connectivity index (χ1n) is 3.94. The first kappa shape index (κ1) is 9.86. The molecule has 12 heavy (non-hydrogen) atoms. The van der Waals surface area contributed by atoms with Crippen LogP contribution >= 0.6 is 11.8 Å². The van der Waals surface area contributed by atoms with E-state index in [4.69, 9.17) is 5.11 Å². The van der Waals surface area contributed by atoms with E-state index in [1.165, 1.54) is 0 Å². The topological polar surface area (TPSA) is 57.5 Å². The highest BCUT2D eigenvalue weighted by atomic mass is 32.2. The minimum atomic E-state index is -1.03. The summed E-state index contributed by atoms with van der Waals surface area (Å²) in [5, 5.41) is 18.9. The van der Waals surface area contributed by atoms with Crippen LogP contribution in [0.15, 0.2) is 0 Å². The molecule has 0 aromatic heterocycles. The molecule has 0 amide bonds. The summed E-state index contributed by atoms with van der Waals surface area (Å²) in [6, 6.07) is 0. The van der Waals surface area contributed by atoms with Crippen LogP contribution in [0.25, 0.3) is 0 Å². The normalized spacial score (nSPS) is 30.6. The molecule has 2 N–H and O–H groups in total. The summed E-state index contributed by atoms with van der Waals surface area (Å²) in [5.74, 6) is 0.465. The number of thioether (sulfide) groups is 1. The van der Waals surface area contributed by atoms with Gasteiger partial charge >= 0.3 is 5.97 Å². The molecule has 1 aliphatic rings. The van der Waals surface area contributed by atoms with Crippen molar-refractivity contribution in [3.63, 3.8) is 0 Å². The van der Waals surface area contributed by atoms with E-state index < -0.39 is 17.0 Å². The van der Waals surface area contributed by atoms with Crippen LogP contribution in [0.2, 0.25) is 0 Å². The molecule has 1 saturated heterocycles. The molecular formula is C8H14O3S. The highest BCUT2D eigenvalue weighted by Gasteiger charge is 2.50. The van der Waals surface area contributed by atoms with Crippen molar-refractivity contribution >= 4 is 17.7 Å². The van der Waals surface area contributed by atoms with Gasteiger partial charge in [-0.2, -0.15) is 11.8 Å². The summed E-state index contributed by atoms with van der Waals surface area (Å²) < 4.78 is 0. The maximum atomic E-state index is 10.8. The second kappa shape index (κ2) is 2.92. The van der Waals surface area contributed by atoms with Crippen LogP contribution in [-0.4, -0.2) is 33.3 Å². The lowest BCUT2D eigenvalue weighted by atomic mass is 9.74. The lowest BCUT2D eigenvalue weighted by molar-refractivity contribution is -0.161. The van der Waals surface area contributed by atoms with Crippen molar-refractivity contribution in [2.45, 2.75) is 25.9 Å². The number of hydrogen-bond acceptors (Lipinski definition) is 3. The van der Waals surface area contributed by atoms with Gasteiger partial charge in [-0.05, 0) is 26.0 Å². The average Bonchev–Trinajstić information content (AvgIpc) is 2.37. The first-order chi connectivity index (χ1) is 5.40. The van der Waals surface area contributed by atoms with E-state index in [1.54, 1.807) is 25.6 Å². The molecule has 0 aromatic rings. The molecule has 1 rings (SSSR count). The van der Waals surface area contributed by atoms with Crippen molar-refractivity contribution < 1.29 is 15.0 Å². The Morgan fingerprint density at radius 2 is 2.17 bits per heavy atom. The van der Waals surface area contributed by atoms with Crippen molar-refractivity contribution in [3.8, 4) is 0 Å². The second-order valence-electron chi connectivity index (χ2n) is 3.76. The van der Waals surface area contributed by atoms with E-state index in [1.807, 2.05) is 0 Å². The van der Waals surface area contributed by atoms with Crippen molar-refractivity contribution in [2.24, 2.45) is 5.41 Å². The van der Waals surface area contributed by atoms with E-state index >= 15 is 0 Å². The molecule has 0 aliphatic carbocycles. The Balaban J connectivity index is 2.85. The Morgan fingerprint density at radius 1 is 1.58 bits per heavy atom. The highest BCUT2D eigenvalue weighted by molar-refractivity contribution is 7.99. The second-order valence-corrected chi connectivity index (χ2v) is 4.87. The summed E-state index contributed by atoms with van der Waals surface area (Å²) in [5.41, 5.74) is -2.06. The predicted octanol–water partition coefficient (Wildman–Crippen LogP) is 0.965. The molecule has 3 nitrogen and oxygen atoms in total. The molecule has 0 bridgehead atoms. The van der Waals surface area contributed by atoms with Crippen LogP contribution in [0, 0.1) is 5.41 Å². The van der Waals surface area contributed by atoms with Gasteiger partial charge in [0.05, 0.1) is 11.0 Å². The van der Waals surface area contributed by atoms with E-state index in [0.717, 1.165) is 5.75 Å². The zero-order valence-corrected chi connectivity index (χ0v) is 8.15. The maximum absolute atomic E-state index is 10.8. The fraction of sp³-hybridized carbons (Fsp3) is 0.875. The van der Waals surface area contributed by atoms with Gasteiger partial charge in [0.2, 0.25) is 0 Å². The smallest absolute Gasteiger partial charge is 0.312 e. The van der Waals surface area contributed by atoms with Gasteiger partial charge in [0.15, 0.2) is 0 Å². The molecule has 0 aromatic carbocycles. The number of carboxylic acid groups (broad SMARTS) is 1. The first-order valence-corrected chi connectivity index (χ1v) is 5.09. The Kier molecular flexibility index (Phi) is 2.40. The molecule has 0 spiro atoms. The van der Waals surface area contributed by atoms with Crippen LogP contribution in [0.4, 0.5) is 0 Å². The summed E-state index contributed by atoms with van der Waals surface area (Å²) in [6.45, 7) is 3.17. The van der Waals surface area contributed by atoms with E-state index in [9.17, 15) is 9.90 Å². The predicted molar refractivity (Wildman–Crippen MR) is 48.3 cm³/mol. The van der Waals surface area contributed by atoms with Gasteiger partial charge in [-0.1, -0.05) is 0 Å². The van der Waals surface area contributed by atoms with E-state index in [2.05, 4.69) is 0 Å². The number of aliphatic hydroxyl groups is 1. The standard InChI is InChI=1S/C8H14O3S/c1-7(2,6(9)10)8(11)3-4-12-5-8/h11H,3-5H2,1-2H3,(H,9,10). The van der Waals surface area contributed by atoms with Gasteiger partial charge in [0, 0.05) is 5.75 Å². The van der Waals surface area contributed by atoms with Crippen molar-refractivity contribution in [1.29, 1.82) is 0 Å². The Labute approximate surface area is 76.2 Å². The molecule has 0 saturated carbocycles. The molecule has 1 heterocycles. The number of carboxylic acids is 1. The summed E-state index contributed by atoms with van der Waals surface area (Å²) >= 11 is 1.61. The van der Waals surface area contributed by atoms with Crippen molar-refractivity contribution in [2.75, 3.05) is 11.5 Å². The molecule has 0 radical (unpaired) electrons. The van der Waals surface area contributed by atoms with Crippen LogP contribution in [-0.2, 0) is 4.79 Å². The zero-order valence-electron chi connectivity index (χ0n) is 7.33. The summed E-state index contributed by atoms with van der Waals surface area (Å²) in [6.07, 6.45) is 0.580. The third-order valence-corrected chi connectivity index (χ3v) is 3.87. The number of rotatable bonds is 2. The molecule has 1 atom stereocenters. The SMILES string of the molecule is CC(C)(C(=O)O)C1(O)CCSC1.